The number of likely N-dealkylation sites (N-methyl/N-ethyl adjacent to an activating group) is 1. The lowest BCUT2D eigenvalue weighted by Crippen LogP contribution is -2.54. The molecule has 0 saturated heterocycles. The number of aromatic nitrogens is 1. The Bertz CT molecular complexity index is 388. The van der Waals surface area contributed by atoms with Gasteiger partial charge in [-0.25, -0.2) is 0 Å². The summed E-state index contributed by atoms with van der Waals surface area (Å²) in [5.74, 6) is 0. The number of fused-ring (bicyclic) bond motifs is 1. The minimum atomic E-state index is -0.809. The normalized spacial score (nSPS) is 21.5. The van der Waals surface area contributed by atoms with E-state index in [-0.39, 0.29) is 12.1 Å². The van der Waals surface area contributed by atoms with E-state index in [2.05, 4.69) is 20.9 Å². The first-order valence-electron chi connectivity index (χ1n) is 5.85. The second kappa shape index (κ2) is 4.60. The van der Waals surface area contributed by atoms with Gasteiger partial charge in [0.2, 0.25) is 0 Å². The zero-order valence-corrected chi connectivity index (χ0v) is 10.5. The van der Waals surface area contributed by atoms with Crippen molar-refractivity contribution in [2.24, 2.45) is 0 Å². The molecule has 1 aliphatic heterocycles. The molecule has 5 nitrogen and oxygen atoms in total. The minimum absolute atomic E-state index is 0.0462. The van der Waals surface area contributed by atoms with Crippen molar-refractivity contribution in [1.29, 1.82) is 0 Å². The van der Waals surface area contributed by atoms with Gasteiger partial charge in [0.1, 0.15) is 0 Å². The summed E-state index contributed by atoms with van der Waals surface area (Å²) in [5.41, 5.74) is 1.35. The molecule has 0 radical (unpaired) electrons. The first kappa shape index (κ1) is 12.3. The van der Waals surface area contributed by atoms with Gasteiger partial charge in [-0.3, -0.25) is 10.3 Å². The molecule has 2 heterocycles. The predicted molar refractivity (Wildman–Crippen MR) is 67.7 cm³/mol. The molecule has 94 valence electrons. The maximum atomic E-state index is 10.2. The Morgan fingerprint density at radius 2 is 2.35 bits per heavy atom. The van der Waals surface area contributed by atoms with Crippen LogP contribution in [-0.4, -0.2) is 35.4 Å². The van der Waals surface area contributed by atoms with E-state index in [1.54, 1.807) is 6.20 Å². The van der Waals surface area contributed by atoms with Crippen LogP contribution in [0.5, 0.6) is 0 Å². The highest BCUT2D eigenvalue weighted by Gasteiger charge is 2.36. The number of pyridine rings is 1. The summed E-state index contributed by atoms with van der Waals surface area (Å²) in [5, 5.41) is 20.0. The fourth-order valence-corrected chi connectivity index (χ4v) is 2.41. The number of aliphatic hydroxyl groups is 1. The van der Waals surface area contributed by atoms with Crippen molar-refractivity contribution in [3.8, 4) is 0 Å². The monoisotopic (exact) mass is 236 g/mol. The van der Waals surface area contributed by atoms with Crippen LogP contribution in [0.1, 0.15) is 25.5 Å². The Hall–Kier alpha value is -1.17. The van der Waals surface area contributed by atoms with Crippen molar-refractivity contribution in [2.45, 2.75) is 31.5 Å². The Balaban J connectivity index is 2.34. The Morgan fingerprint density at radius 1 is 1.59 bits per heavy atom. The lowest BCUT2D eigenvalue weighted by molar-refractivity contribution is 0.0250. The summed E-state index contributed by atoms with van der Waals surface area (Å²) in [6.07, 6.45) is 3.61. The Morgan fingerprint density at radius 3 is 3.00 bits per heavy atom. The highest BCUT2D eigenvalue weighted by molar-refractivity contribution is 5.53. The molecule has 2 atom stereocenters. The highest BCUT2D eigenvalue weighted by Crippen LogP contribution is 2.31. The van der Waals surface area contributed by atoms with Crippen LogP contribution < -0.4 is 16.0 Å². The molecule has 0 fully saturated rings. The summed E-state index contributed by atoms with van der Waals surface area (Å²) < 4.78 is 0. The largest absolute Gasteiger partial charge is 0.389 e. The first-order valence-corrected chi connectivity index (χ1v) is 5.85. The van der Waals surface area contributed by atoms with Crippen molar-refractivity contribution in [3.63, 3.8) is 0 Å². The van der Waals surface area contributed by atoms with Crippen LogP contribution in [0.4, 0.5) is 5.69 Å². The molecule has 5 heteroatoms. The maximum absolute atomic E-state index is 10.2. The Labute approximate surface area is 102 Å². The molecular formula is C12H20N4O. The summed E-state index contributed by atoms with van der Waals surface area (Å²) in [7, 11) is 1.86. The van der Waals surface area contributed by atoms with Crippen molar-refractivity contribution in [3.05, 3.63) is 24.0 Å². The second-order valence-corrected chi connectivity index (χ2v) is 4.92. The van der Waals surface area contributed by atoms with E-state index in [1.165, 1.54) is 0 Å². The number of nitrogens with one attached hydrogen (secondary N) is 3. The number of anilines is 1. The lowest BCUT2D eigenvalue weighted by Gasteiger charge is -2.39. The van der Waals surface area contributed by atoms with Gasteiger partial charge in [-0.1, -0.05) is 0 Å². The van der Waals surface area contributed by atoms with Gasteiger partial charge in [0.15, 0.2) is 0 Å². The number of hydrogen-bond donors (Lipinski definition) is 4. The van der Waals surface area contributed by atoms with Gasteiger partial charge in [0.25, 0.3) is 0 Å². The molecule has 2 rings (SSSR count). The maximum Gasteiger partial charge on any atom is 0.0762 e. The molecule has 0 amide bonds. The van der Waals surface area contributed by atoms with Crippen molar-refractivity contribution in [2.75, 3.05) is 19.0 Å². The van der Waals surface area contributed by atoms with Gasteiger partial charge in [-0.2, -0.15) is 0 Å². The Kier molecular flexibility index (Phi) is 3.33. The van der Waals surface area contributed by atoms with Gasteiger partial charge < -0.3 is 15.7 Å². The topological polar surface area (TPSA) is 69.2 Å². The van der Waals surface area contributed by atoms with Gasteiger partial charge in [0, 0.05) is 23.6 Å². The fourth-order valence-electron chi connectivity index (χ4n) is 2.41. The van der Waals surface area contributed by atoms with Crippen LogP contribution in [0.25, 0.3) is 0 Å². The highest BCUT2D eigenvalue weighted by atomic mass is 16.3. The molecule has 2 unspecified atom stereocenters. The van der Waals surface area contributed by atoms with Gasteiger partial charge in [0.05, 0.1) is 24.4 Å². The molecule has 0 aromatic carbocycles. The third kappa shape index (κ3) is 2.41. The van der Waals surface area contributed by atoms with E-state index < -0.39 is 5.60 Å². The van der Waals surface area contributed by atoms with E-state index in [0.29, 0.717) is 6.67 Å². The van der Waals surface area contributed by atoms with Crippen LogP contribution in [-0.2, 0) is 0 Å². The third-order valence-electron chi connectivity index (χ3n) is 3.19. The molecule has 1 aromatic rings. The fraction of sp³-hybridized carbons (Fsp3) is 0.583. The summed E-state index contributed by atoms with van der Waals surface area (Å²) in [4.78, 5) is 4.16. The smallest absolute Gasteiger partial charge is 0.0762 e. The summed E-state index contributed by atoms with van der Waals surface area (Å²) in [6, 6.07) is 1.93. The van der Waals surface area contributed by atoms with E-state index in [0.717, 1.165) is 11.3 Å². The number of nitrogens with zero attached hydrogens (tertiary/aromatic N) is 1. The average molecular weight is 236 g/mol. The average Bonchev–Trinajstić information content (AvgIpc) is 2.28. The van der Waals surface area contributed by atoms with E-state index >= 15 is 0 Å². The summed E-state index contributed by atoms with van der Waals surface area (Å²) >= 11 is 0. The van der Waals surface area contributed by atoms with E-state index in [4.69, 9.17) is 0 Å². The van der Waals surface area contributed by atoms with Crippen molar-refractivity contribution < 1.29 is 5.11 Å². The van der Waals surface area contributed by atoms with E-state index in [9.17, 15) is 5.11 Å². The zero-order valence-electron chi connectivity index (χ0n) is 10.5. The molecular weight excluding hydrogens is 216 g/mol. The zero-order chi connectivity index (χ0) is 12.5. The molecule has 4 N–H and O–H groups in total. The van der Waals surface area contributed by atoms with Crippen LogP contribution in [0.15, 0.2) is 18.5 Å². The van der Waals surface area contributed by atoms with E-state index in [1.807, 2.05) is 33.2 Å². The van der Waals surface area contributed by atoms with Gasteiger partial charge in [-0.15, -0.1) is 0 Å². The van der Waals surface area contributed by atoms with Crippen LogP contribution in [0, 0.1) is 0 Å². The third-order valence-corrected chi connectivity index (χ3v) is 3.19. The number of rotatable bonds is 3. The van der Waals surface area contributed by atoms with Gasteiger partial charge in [-0.05, 0) is 27.0 Å². The SMILES string of the molecule is CNC(C1NCNc2ccncc21)C(C)(C)O. The van der Waals surface area contributed by atoms with Crippen LogP contribution in [0.2, 0.25) is 0 Å². The molecule has 0 saturated carbocycles. The first-order chi connectivity index (χ1) is 8.04. The summed E-state index contributed by atoms with van der Waals surface area (Å²) in [6.45, 7) is 4.32. The molecule has 0 bridgehead atoms. The lowest BCUT2D eigenvalue weighted by atomic mass is 9.87. The molecule has 0 aliphatic carbocycles. The minimum Gasteiger partial charge on any atom is -0.389 e. The van der Waals surface area contributed by atoms with Crippen LogP contribution in [0.3, 0.4) is 0 Å². The van der Waals surface area contributed by atoms with Crippen molar-refractivity contribution >= 4 is 5.69 Å². The molecule has 1 aliphatic rings. The quantitative estimate of drug-likeness (QED) is 0.613. The van der Waals surface area contributed by atoms with Crippen molar-refractivity contribution in [1.82, 2.24) is 15.6 Å². The van der Waals surface area contributed by atoms with Crippen LogP contribution >= 0.6 is 0 Å². The number of hydrogen-bond acceptors (Lipinski definition) is 5. The predicted octanol–water partition coefficient (Wildman–Crippen LogP) is 0.454. The molecule has 0 spiro atoms. The molecule has 17 heavy (non-hydrogen) atoms. The molecule has 1 aromatic heterocycles. The van der Waals surface area contributed by atoms with Gasteiger partial charge >= 0.3 is 0 Å². The standard InChI is InChI=1S/C12H20N4O/c1-12(2,17)11(13-3)10-8-6-14-5-4-9(8)15-7-16-10/h4-6,10-11,13,15-17H,7H2,1-3H3. The second-order valence-electron chi connectivity index (χ2n) is 4.92.